The second-order valence-corrected chi connectivity index (χ2v) is 10.4. The molecule has 0 saturated carbocycles. The maximum Gasteiger partial charge on any atom is 0.259 e. The van der Waals surface area contributed by atoms with Gasteiger partial charge in [0.05, 0.1) is 12.3 Å². The van der Waals surface area contributed by atoms with Crippen molar-refractivity contribution in [2.45, 2.75) is 52.2 Å². The van der Waals surface area contributed by atoms with E-state index in [9.17, 15) is 4.79 Å². The van der Waals surface area contributed by atoms with E-state index in [1.54, 1.807) is 0 Å². The molecular weight excluding hydrogens is 569 g/mol. The first-order valence-electron chi connectivity index (χ1n) is 12.9. The number of fused-ring (bicyclic) bond motifs is 1. The molecule has 0 bridgehead atoms. The van der Waals surface area contributed by atoms with Gasteiger partial charge in [-0.05, 0) is 24.5 Å². The number of aromatic nitrogens is 2. The maximum absolute atomic E-state index is 13.5. The minimum atomic E-state index is -0.0302. The lowest BCUT2D eigenvalue weighted by molar-refractivity contribution is 0.0726. The first-order chi connectivity index (χ1) is 17.5. The number of carbonyl (C=O) groups is 1. The minimum Gasteiger partial charge on any atom is -0.368 e. The quantitative estimate of drug-likeness (QED) is 0.376. The number of piperazine rings is 1. The van der Waals surface area contributed by atoms with E-state index >= 15 is 0 Å². The Morgan fingerprint density at radius 2 is 1.72 bits per heavy atom. The lowest BCUT2D eigenvalue weighted by Gasteiger charge is -2.34. The van der Waals surface area contributed by atoms with Crippen LogP contribution in [0.5, 0.6) is 0 Å². The van der Waals surface area contributed by atoms with Crippen LogP contribution in [0.25, 0.3) is 0 Å². The van der Waals surface area contributed by atoms with E-state index in [1.165, 1.54) is 5.56 Å². The molecule has 2 aliphatic rings. The fourth-order valence-corrected chi connectivity index (χ4v) is 5.19. The monoisotopic (exact) mass is 607 g/mol. The Hall–Kier alpha value is -2.02. The van der Waals surface area contributed by atoms with Crippen molar-refractivity contribution in [1.29, 1.82) is 0 Å². The molecular formula is C26H38IN7O2. The molecule has 0 aliphatic carbocycles. The summed E-state index contributed by atoms with van der Waals surface area (Å²) in [6.07, 6.45) is 2.72. The molecule has 1 atom stereocenters. The van der Waals surface area contributed by atoms with E-state index in [4.69, 9.17) is 8.80 Å². The van der Waals surface area contributed by atoms with Gasteiger partial charge in [-0.15, -0.1) is 0 Å². The molecule has 3 heterocycles. The van der Waals surface area contributed by atoms with Crippen LogP contribution in [0, 0.1) is 0 Å². The molecule has 36 heavy (non-hydrogen) atoms. The fraction of sp³-hybridized carbons (Fsp3) is 0.577. The Labute approximate surface area is 228 Å². The number of anilines is 2. The molecule has 3 N–H and O–H groups in total. The van der Waals surface area contributed by atoms with Gasteiger partial charge in [-0.2, -0.15) is 4.98 Å². The summed E-state index contributed by atoms with van der Waals surface area (Å²) < 4.78 is 5.17. The van der Waals surface area contributed by atoms with Crippen LogP contribution in [0.1, 0.15) is 53.9 Å². The van der Waals surface area contributed by atoms with Gasteiger partial charge in [0, 0.05) is 64.8 Å². The van der Waals surface area contributed by atoms with E-state index in [-0.39, 0.29) is 17.9 Å². The second kappa shape index (κ2) is 13.0. The second-order valence-electron chi connectivity index (χ2n) is 9.81. The summed E-state index contributed by atoms with van der Waals surface area (Å²) in [6.45, 7) is 12.5. The smallest absolute Gasteiger partial charge is 0.259 e. The number of nitrogens with one attached hydrogen (secondary N) is 1. The Balaban J connectivity index is 1.36. The van der Waals surface area contributed by atoms with Gasteiger partial charge in [0.25, 0.3) is 5.91 Å². The molecule has 1 aromatic carbocycles. The topological polar surface area (TPSA) is 99.8 Å². The molecule has 4 rings (SSSR count). The van der Waals surface area contributed by atoms with Crippen LogP contribution in [-0.4, -0.2) is 82.5 Å². The highest BCUT2D eigenvalue weighted by molar-refractivity contribution is 14.1. The third-order valence-electron chi connectivity index (χ3n) is 6.98. The predicted octanol–water partition coefficient (Wildman–Crippen LogP) is 3.34. The first-order valence-corrected chi connectivity index (χ1v) is 13.8. The molecule has 196 valence electrons. The zero-order valence-corrected chi connectivity index (χ0v) is 23.5. The highest BCUT2D eigenvalue weighted by atomic mass is 127. The highest BCUT2D eigenvalue weighted by Crippen LogP contribution is 2.27. The molecule has 2 aliphatic heterocycles. The number of halogens is 1. The number of rotatable bonds is 11. The molecule has 9 nitrogen and oxygen atoms in total. The number of benzene rings is 1. The summed E-state index contributed by atoms with van der Waals surface area (Å²) in [5.41, 5.74) is 9.69. The Kier molecular flexibility index (Phi) is 9.74. The van der Waals surface area contributed by atoms with Gasteiger partial charge in [0.2, 0.25) is 5.95 Å². The van der Waals surface area contributed by atoms with Gasteiger partial charge in [0.1, 0.15) is 34.4 Å². The van der Waals surface area contributed by atoms with Crippen molar-refractivity contribution in [3.05, 3.63) is 46.6 Å². The SMILES string of the molecule is CCCC(C)Nc1nc(N)nc2c1C(=O)N(Cc1ccc(CN3CCN(CCOI)CC3)cc1)CC2. The van der Waals surface area contributed by atoms with E-state index in [1.807, 2.05) is 27.9 Å². The maximum atomic E-state index is 13.5. The third kappa shape index (κ3) is 7.05. The average Bonchev–Trinajstić information content (AvgIpc) is 2.86. The van der Waals surface area contributed by atoms with E-state index in [2.05, 4.69) is 63.2 Å². The van der Waals surface area contributed by atoms with Crippen LogP contribution >= 0.6 is 23.0 Å². The highest BCUT2D eigenvalue weighted by Gasteiger charge is 2.30. The Morgan fingerprint density at radius 3 is 2.39 bits per heavy atom. The van der Waals surface area contributed by atoms with Crippen molar-refractivity contribution in [1.82, 2.24) is 24.7 Å². The van der Waals surface area contributed by atoms with Crippen LogP contribution in [0.2, 0.25) is 0 Å². The summed E-state index contributed by atoms with van der Waals surface area (Å²) in [5.74, 6) is 0.746. The summed E-state index contributed by atoms with van der Waals surface area (Å²) >= 11 is 1.96. The van der Waals surface area contributed by atoms with Gasteiger partial charge in [-0.1, -0.05) is 37.6 Å². The van der Waals surface area contributed by atoms with Crippen LogP contribution < -0.4 is 11.1 Å². The van der Waals surface area contributed by atoms with Crippen LogP contribution in [0.4, 0.5) is 11.8 Å². The summed E-state index contributed by atoms with van der Waals surface area (Å²) in [5, 5.41) is 3.39. The lowest BCUT2D eigenvalue weighted by Crippen LogP contribution is -2.46. The number of amides is 1. The van der Waals surface area contributed by atoms with Crippen LogP contribution in [0.3, 0.4) is 0 Å². The van der Waals surface area contributed by atoms with Crippen molar-refractivity contribution < 1.29 is 7.86 Å². The van der Waals surface area contributed by atoms with Crippen LogP contribution in [-0.2, 0) is 22.6 Å². The van der Waals surface area contributed by atoms with E-state index < -0.39 is 0 Å². The molecule has 1 saturated heterocycles. The predicted molar refractivity (Wildman–Crippen MR) is 151 cm³/mol. The summed E-state index contributed by atoms with van der Waals surface area (Å²) in [6, 6.07) is 8.88. The van der Waals surface area contributed by atoms with E-state index in [0.29, 0.717) is 30.9 Å². The molecule has 1 aromatic heterocycles. The van der Waals surface area contributed by atoms with Crippen molar-refractivity contribution >= 4 is 40.7 Å². The van der Waals surface area contributed by atoms with Gasteiger partial charge in [0.15, 0.2) is 0 Å². The van der Waals surface area contributed by atoms with Gasteiger partial charge >= 0.3 is 0 Å². The van der Waals surface area contributed by atoms with Crippen molar-refractivity contribution in [3.63, 3.8) is 0 Å². The molecule has 1 unspecified atom stereocenters. The van der Waals surface area contributed by atoms with Crippen LogP contribution in [0.15, 0.2) is 24.3 Å². The largest absolute Gasteiger partial charge is 0.368 e. The molecule has 0 radical (unpaired) electrons. The zero-order valence-electron chi connectivity index (χ0n) is 21.4. The van der Waals surface area contributed by atoms with Crippen molar-refractivity contribution in [3.8, 4) is 0 Å². The van der Waals surface area contributed by atoms with Gasteiger partial charge in [-0.25, -0.2) is 4.98 Å². The standard InChI is InChI=1S/C26H38IN7O2/c1-3-4-19(2)29-24-23-22(30-26(28)31-24)9-10-34(25(23)35)18-21-7-5-20(6-8-21)17-33-13-11-32(12-14-33)15-16-36-27/h5-8,19H,3-4,9-18H2,1-2H3,(H3,28,29,30,31). The molecule has 1 amide bonds. The number of hydrogen-bond donors (Lipinski definition) is 2. The summed E-state index contributed by atoms with van der Waals surface area (Å²) in [4.78, 5) is 29.1. The number of hydrogen-bond acceptors (Lipinski definition) is 8. The van der Waals surface area contributed by atoms with Crippen molar-refractivity contribution in [2.24, 2.45) is 0 Å². The molecule has 0 spiro atoms. The van der Waals surface area contributed by atoms with E-state index in [0.717, 1.165) is 70.0 Å². The molecule has 2 aromatic rings. The first kappa shape index (κ1) is 27.0. The Bertz CT molecular complexity index is 1010. The number of carbonyl (C=O) groups excluding carboxylic acids is 1. The van der Waals surface area contributed by atoms with Gasteiger partial charge in [-0.3, -0.25) is 14.6 Å². The minimum absolute atomic E-state index is 0.0302. The fourth-order valence-electron chi connectivity index (χ4n) is 4.99. The van der Waals surface area contributed by atoms with Crippen molar-refractivity contribution in [2.75, 3.05) is 56.9 Å². The average molecular weight is 608 g/mol. The number of nitrogens with two attached hydrogens (primary N) is 1. The summed E-state index contributed by atoms with van der Waals surface area (Å²) in [7, 11) is 0. The zero-order chi connectivity index (χ0) is 25.5. The van der Waals surface area contributed by atoms with Gasteiger partial charge < -0.3 is 19.0 Å². The normalized spacial score (nSPS) is 17.8. The lowest BCUT2D eigenvalue weighted by atomic mass is 10.0. The number of nitrogen functional groups attached to an aromatic ring is 1. The Morgan fingerprint density at radius 1 is 1.06 bits per heavy atom. The molecule has 10 heteroatoms. The third-order valence-corrected chi connectivity index (χ3v) is 7.42. The number of nitrogens with zero attached hydrogens (tertiary/aromatic N) is 5. The molecule has 1 fully saturated rings.